The largest absolute Gasteiger partial charge is 0.388 e. The van der Waals surface area contributed by atoms with E-state index in [1.807, 2.05) is 30.3 Å². The fourth-order valence-corrected chi connectivity index (χ4v) is 2.21. The van der Waals surface area contributed by atoms with Crippen molar-refractivity contribution in [1.29, 1.82) is 0 Å². The zero-order valence-electron chi connectivity index (χ0n) is 9.27. The number of nitrogens with one attached hydrogen (secondary N) is 1. The number of benzene rings is 1. The Labute approximate surface area is 95.5 Å². The summed E-state index contributed by atoms with van der Waals surface area (Å²) in [6.07, 6.45) is 0.491. The summed E-state index contributed by atoms with van der Waals surface area (Å²) in [6, 6.07) is 9.64. The maximum atomic E-state index is 13.2. The Balaban J connectivity index is 1.89. The molecule has 1 fully saturated rings. The van der Waals surface area contributed by atoms with Crippen LogP contribution in [0.4, 0.5) is 4.39 Å². The summed E-state index contributed by atoms with van der Waals surface area (Å²) in [5, 5.41) is 13.2. The maximum absolute atomic E-state index is 13.2. The Hall–Kier alpha value is -0.930. The van der Waals surface area contributed by atoms with E-state index in [9.17, 15) is 9.50 Å². The molecule has 2 N–H and O–H groups in total. The van der Waals surface area contributed by atoms with Crippen LogP contribution in [0.1, 0.15) is 30.9 Å². The molecule has 3 heteroatoms. The van der Waals surface area contributed by atoms with Crippen molar-refractivity contribution in [2.75, 3.05) is 6.54 Å². The minimum atomic E-state index is -0.714. The van der Waals surface area contributed by atoms with Gasteiger partial charge in [-0.3, -0.25) is 0 Å². The first-order valence-electron chi connectivity index (χ1n) is 5.86. The molecule has 88 valence electrons. The van der Waals surface area contributed by atoms with Crippen LogP contribution in [-0.4, -0.2) is 23.9 Å². The number of aliphatic hydroxyl groups excluding tert-OH is 1. The Kier molecular flexibility index (Phi) is 3.91. The number of halogens is 1. The lowest BCUT2D eigenvalue weighted by Crippen LogP contribution is -2.39. The highest BCUT2D eigenvalue weighted by atomic mass is 19.1. The van der Waals surface area contributed by atoms with E-state index < -0.39 is 12.3 Å². The van der Waals surface area contributed by atoms with Gasteiger partial charge in [0, 0.05) is 6.04 Å². The van der Waals surface area contributed by atoms with Crippen LogP contribution < -0.4 is 5.32 Å². The zero-order valence-corrected chi connectivity index (χ0v) is 9.27. The van der Waals surface area contributed by atoms with E-state index >= 15 is 0 Å². The second kappa shape index (κ2) is 5.41. The maximum Gasteiger partial charge on any atom is 0.103 e. The lowest BCUT2D eigenvalue weighted by Gasteiger charge is -2.27. The van der Waals surface area contributed by atoms with Gasteiger partial charge in [-0.05, 0) is 31.4 Å². The molecular weight excluding hydrogens is 205 g/mol. The van der Waals surface area contributed by atoms with Crippen LogP contribution in [0, 0.1) is 0 Å². The van der Waals surface area contributed by atoms with Crippen molar-refractivity contribution >= 4 is 0 Å². The third-order valence-corrected chi connectivity index (χ3v) is 3.12. The van der Waals surface area contributed by atoms with Crippen LogP contribution >= 0.6 is 0 Å². The fourth-order valence-electron chi connectivity index (χ4n) is 2.21. The first-order valence-corrected chi connectivity index (χ1v) is 5.86. The van der Waals surface area contributed by atoms with Crippen molar-refractivity contribution in [3.63, 3.8) is 0 Å². The molecule has 2 nitrogen and oxygen atoms in total. The lowest BCUT2D eigenvalue weighted by atomic mass is 9.95. The average molecular weight is 223 g/mol. The number of hydrogen-bond acceptors (Lipinski definition) is 2. The summed E-state index contributed by atoms with van der Waals surface area (Å²) in [6.45, 7) is 0.716. The van der Waals surface area contributed by atoms with E-state index in [0.29, 0.717) is 25.8 Å². The molecule has 1 aliphatic rings. The standard InChI is InChI=1S/C13H18FNO/c14-11-6-7-15-12(8-11)9-13(16)10-4-2-1-3-5-10/h1-5,11-13,15-16H,6-9H2/t11-,12-,13-/m1/s1. The van der Waals surface area contributed by atoms with E-state index in [1.54, 1.807) is 0 Å². The zero-order chi connectivity index (χ0) is 11.4. The first-order chi connectivity index (χ1) is 7.75. The minimum Gasteiger partial charge on any atom is -0.388 e. The highest BCUT2D eigenvalue weighted by Crippen LogP contribution is 2.22. The van der Waals surface area contributed by atoms with Crippen molar-refractivity contribution in [2.45, 2.75) is 37.6 Å². The highest BCUT2D eigenvalue weighted by Gasteiger charge is 2.23. The van der Waals surface area contributed by atoms with Gasteiger partial charge in [0.15, 0.2) is 0 Å². The molecule has 0 amide bonds. The molecule has 1 heterocycles. The summed E-state index contributed by atoms with van der Waals surface area (Å²) in [5.74, 6) is 0. The number of alkyl halides is 1. The van der Waals surface area contributed by atoms with Gasteiger partial charge >= 0.3 is 0 Å². The van der Waals surface area contributed by atoms with E-state index in [-0.39, 0.29) is 6.04 Å². The molecule has 0 aromatic heterocycles. The van der Waals surface area contributed by atoms with Crippen molar-refractivity contribution in [3.8, 4) is 0 Å². The first kappa shape index (κ1) is 11.6. The predicted molar refractivity (Wildman–Crippen MR) is 61.9 cm³/mol. The molecule has 16 heavy (non-hydrogen) atoms. The molecule has 1 saturated heterocycles. The molecule has 0 aliphatic carbocycles. The number of rotatable bonds is 3. The van der Waals surface area contributed by atoms with Gasteiger partial charge in [-0.25, -0.2) is 4.39 Å². The number of hydrogen-bond donors (Lipinski definition) is 2. The van der Waals surface area contributed by atoms with E-state index in [2.05, 4.69) is 5.32 Å². The highest BCUT2D eigenvalue weighted by molar-refractivity contribution is 5.17. The molecule has 1 aliphatic heterocycles. The molecule has 1 aromatic rings. The van der Waals surface area contributed by atoms with Crippen LogP contribution in [0.15, 0.2) is 30.3 Å². The quantitative estimate of drug-likeness (QED) is 0.823. The Morgan fingerprint density at radius 2 is 2.12 bits per heavy atom. The van der Waals surface area contributed by atoms with Crippen LogP contribution in [-0.2, 0) is 0 Å². The topological polar surface area (TPSA) is 32.3 Å². The summed E-state index contributed by atoms with van der Waals surface area (Å²) in [7, 11) is 0. The van der Waals surface area contributed by atoms with Gasteiger partial charge in [-0.2, -0.15) is 0 Å². The van der Waals surface area contributed by atoms with E-state index in [0.717, 1.165) is 5.56 Å². The van der Waals surface area contributed by atoms with E-state index in [4.69, 9.17) is 0 Å². The second-order valence-corrected chi connectivity index (χ2v) is 4.43. The fraction of sp³-hybridized carbons (Fsp3) is 0.538. The van der Waals surface area contributed by atoms with Crippen LogP contribution in [0.2, 0.25) is 0 Å². The molecule has 0 radical (unpaired) electrons. The van der Waals surface area contributed by atoms with Gasteiger partial charge in [0.1, 0.15) is 6.17 Å². The summed E-state index contributed by atoms with van der Waals surface area (Å²) in [4.78, 5) is 0. The molecule has 2 rings (SSSR count). The van der Waals surface area contributed by atoms with Crippen molar-refractivity contribution < 1.29 is 9.50 Å². The van der Waals surface area contributed by atoms with E-state index in [1.165, 1.54) is 0 Å². The third-order valence-electron chi connectivity index (χ3n) is 3.12. The summed E-state index contributed by atoms with van der Waals surface area (Å²) < 4.78 is 13.2. The predicted octanol–water partition coefficient (Wildman–Crippen LogP) is 2.20. The van der Waals surface area contributed by atoms with Gasteiger partial charge in [0.25, 0.3) is 0 Å². The minimum absolute atomic E-state index is 0.0963. The van der Waals surface area contributed by atoms with Gasteiger partial charge in [0.2, 0.25) is 0 Å². The molecular formula is C13H18FNO. The van der Waals surface area contributed by atoms with Gasteiger partial charge < -0.3 is 10.4 Å². The van der Waals surface area contributed by atoms with Crippen molar-refractivity contribution in [2.24, 2.45) is 0 Å². The van der Waals surface area contributed by atoms with Gasteiger partial charge in [-0.1, -0.05) is 30.3 Å². The molecule has 0 bridgehead atoms. The molecule has 0 unspecified atom stereocenters. The van der Waals surface area contributed by atoms with Gasteiger partial charge in [-0.15, -0.1) is 0 Å². The van der Waals surface area contributed by atoms with Gasteiger partial charge in [0.05, 0.1) is 6.10 Å². The molecule has 0 spiro atoms. The number of aliphatic hydroxyl groups is 1. The lowest BCUT2D eigenvalue weighted by molar-refractivity contribution is 0.128. The Bertz CT molecular complexity index is 317. The third kappa shape index (κ3) is 3.03. The van der Waals surface area contributed by atoms with Crippen molar-refractivity contribution in [1.82, 2.24) is 5.32 Å². The summed E-state index contributed by atoms with van der Waals surface area (Å²) >= 11 is 0. The molecule has 0 saturated carbocycles. The van der Waals surface area contributed by atoms with Crippen LogP contribution in [0.5, 0.6) is 0 Å². The second-order valence-electron chi connectivity index (χ2n) is 4.43. The monoisotopic (exact) mass is 223 g/mol. The SMILES string of the molecule is O[C@H](C[C@H]1C[C@H](F)CCN1)c1ccccc1. The Morgan fingerprint density at radius 3 is 2.81 bits per heavy atom. The normalized spacial score (nSPS) is 27.6. The van der Waals surface area contributed by atoms with Crippen molar-refractivity contribution in [3.05, 3.63) is 35.9 Å². The smallest absolute Gasteiger partial charge is 0.103 e. The van der Waals surface area contributed by atoms with Crippen LogP contribution in [0.3, 0.4) is 0 Å². The van der Waals surface area contributed by atoms with Crippen LogP contribution in [0.25, 0.3) is 0 Å². The molecule has 3 atom stereocenters. The number of piperidine rings is 1. The molecule has 1 aromatic carbocycles. The average Bonchev–Trinajstić information content (AvgIpc) is 2.30. The Morgan fingerprint density at radius 1 is 1.38 bits per heavy atom. The summed E-state index contributed by atoms with van der Waals surface area (Å²) in [5.41, 5.74) is 0.908.